The van der Waals surface area contributed by atoms with Crippen LogP contribution >= 0.6 is 0 Å². The molecule has 2 aromatic carbocycles. The van der Waals surface area contributed by atoms with Crippen LogP contribution < -0.4 is 10.4 Å². The van der Waals surface area contributed by atoms with Crippen LogP contribution in [0.4, 0.5) is 0 Å². The Morgan fingerprint density at radius 2 is 1.83 bits per heavy atom. The van der Waals surface area contributed by atoms with Crippen molar-refractivity contribution in [3.05, 3.63) is 76.1 Å². The minimum absolute atomic E-state index is 0.104. The van der Waals surface area contributed by atoms with E-state index in [1.807, 2.05) is 55.5 Å². The quantitative estimate of drug-likeness (QED) is 0.682. The van der Waals surface area contributed by atoms with E-state index in [4.69, 9.17) is 13.9 Å². The number of rotatable bonds is 3. The van der Waals surface area contributed by atoms with Crippen molar-refractivity contribution in [2.75, 3.05) is 6.61 Å². The molecule has 1 aromatic heterocycles. The second-order valence-electron chi connectivity index (χ2n) is 5.83. The molecule has 0 unspecified atom stereocenters. The molecule has 4 nitrogen and oxygen atoms in total. The summed E-state index contributed by atoms with van der Waals surface area (Å²) in [4.78, 5) is 12.6. The Balaban J connectivity index is 1.95. The summed E-state index contributed by atoms with van der Waals surface area (Å²) in [6, 6.07) is 17.4. The van der Waals surface area contributed by atoms with E-state index >= 15 is 0 Å². The SMILES string of the molecule is CCO[C@H]1C[C@@H](c2ccccc2)c2c(c3ccccc3oc2=O)O1. The Morgan fingerprint density at radius 3 is 2.62 bits per heavy atom. The van der Waals surface area contributed by atoms with E-state index in [1.54, 1.807) is 6.07 Å². The first kappa shape index (κ1) is 15.0. The Hall–Kier alpha value is -2.59. The van der Waals surface area contributed by atoms with Gasteiger partial charge in [0.05, 0.1) is 10.9 Å². The molecule has 0 amide bonds. The molecule has 4 heteroatoms. The molecule has 0 aliphatic carbocycles. The lowest BCUT2D eigenvalue weighted by Crippen LogP contribution is -2.32. The Morgan fingerprint density at radius 1 is 1.08 bits per heavy atom. The van der Waals surface area contributed by atoms with Gasteiger partial charge in [0.25, 0.3) is 0 Å². The molecule has 1 aliphatic rings. The summed E-state index contributed by atoms with van der Waals surface area (Å²) in [5.41, 5.74) is 1.84. The predicted molar refractivity (Wildman–Crippen MR) is 91.4 cm³/mol. The highest BCUT2D eigenvalue weighted by atomic mass is 16.7. The van der Waals surface area contributed by atoms with Gasteiger partial charge in [-0.05, 0) is 24.6 Å². The van der Waals surface area contributed by atoms with Crippen LogP contribution in [-0.4, -0.2) is 12.9 Å². The summed E-state index contributed by atoms with van der Waals surface area (Å²) in [6.07, 6.45) is 0.214. The molecule has 2 heterocycles. The third-order valence-corrected chi connectivity index (χ3v) is 4.38. The number of benzene rings is 2. The zero-order valence-electron chi connectivity index (χ0n) is 13.4. The van der Waals surface area contributed by atoms with Gasteiger partial charge in [0.1, 0.15) is 11.3 Å². The van der Waals surface area contributed by atoms with Crippen molar-refractivity contribution in [3.8, 4) is 5.75 Å². The zero-order chi connectivity index (χ0) is 16.5. The number of hydrogen-bond donors (Lipinski definition) is 0. The highest BCUT2D eigenvalue weighted by Crippen LogP contribution is 2.42. The average molecular weight is 322 g/mol. The van der Waals surface area contributed by atoms with Crippen LogP contribution in [0.25, 0.3) is 11.0 Å². The smallest absolute Gasteiger partial charge is 0.343 e. The van der Waals surface area contributed by atoms with Gasteiger partial charge >= 0.3 is 5.63 Å². The molecule has 2 atom stereocenters. The van der Waals surface area contributed by atoms with Crippen LogP contribution in [0.2, 0.25) is 0 Å². The fourth-order valence-electron chi connectivity index (χ4n) is 3.33. The molecule has 24 heavy (non-hydrogen) atoms. The van der Waals surface area contributed by atoms with Crippen LogP contribution in [-0.2, 0) is 4.74 Å². The number of fused-ring (bicyclic) bond motifs is 3. The molecule has 122 valence electrons. The first-order valence-corrected chi connectivity index (χ1v) is 8.17. The van der Waals surface area contributed by atoms with E-state index in [1.165, 1.54) is 0 Å². The van der Waals surface area contributed by atoms with Gasteiger partial charge in [-0.25, -0.2) is 4.79 Å². The summed E-state index contributed by atoms with van der Waals surface area (Å²) < 4.78 is 17.3. The van der Waals surface area contributed by atoms with E-state index in [-0.39, 0.29) is 17.8 Å². The Kier molecular flexibility index (Phi) is 3.82. The average Bonchev–Trinajstić information content (AvgIpc) is 2.62. The van der Waals surface area contributed by atoms with Crippen LogP contribution in [0.3, 0.4) is 0 Å². The number of hydrogen-bond acceptors (Lipinski definition) is 4. The van der Waals surface area contributed by atoms with Crippen molar-refractivity contribution in [1.29, 1.82) is 0 Å². The number of para-hydroxylation sites is 1. The third-order valence-electron chi connectivity index (χ3n) is 4.38. The molecule has 0 fully saturated rings. The van der Waals surface area contributed by atoms with Gasteiger partial charge in [-0.3, -0.25) is 0 Å². The fraction of sp³-hybridized carbons (Fsp3) is 0.250. The van der Waals surface area contributed by atoms with Gasteiger partial charge in [0.2, 0.25) is 6.29 Å². The van der Waals surface area contributed by atoms with Gasteiger partial charge in [-0.2, -0.15) is 0 Å². The van der Waals surface area contributed by atoms with Crippen molar-refractivity contribution in [2.45, 2.75) is 25.6 Å². The first-order valence-electron chi connectivity index (χ1n) is 8.17. The maximum Gasteiger partial charge on any atom is 0.343 e. The topological polar surface area (TPSA) is 48.7 Å². The second kappa shape index (κ2) is 6.13. The molecule has 0 spiro atoms. The molecule has 3 aromatic rings. The normalized spacial score (nSPS) is 19.7. The summed E-state index contributed by atoms with van der Waals surface area (Å²) >= 11 is 0. The van der Waals surface area contributed by atoms with E-state index in [0.29, 0.717) is 29.9 Å². The maximum absolute atomic E-state index is 12.6. The zero-order valence-corrected chi connectivity index (χ0v) is 13.4. The van der Waals surface area contributed by atoms with Crippen LogP contribution in [0.5, 0.6) is 5.75 Å². The van der Waals surface area contributed by atoms with Gasteiger partial charge in [-0.15, -0.1) is 0 Å². The summed E-state index contributed by atoms with van der Waals surface area (Å²) in [5.74, 6) is 0.479. The first-order chi connectivity index (χ1) is 11.8. The Labute approximate surface area is 139 Å². The van der Waals surface area contributed by atoms with Gasteiger partial charge in [0.15, 0.2) is 0 Å². The van der Waals surface area contributed by atoms with Crippen molar-refractivity contribution < 1.29 is 13.9 Å². The van der Waals surface area contributed by atoms with Crippen LogP contribution in [0, 0.1) is 0 Å². The highest BCUT2D eigenvalue weighted by Gasteiger charge is 2.34. The van der Waals surface area contributed by atoms with E-state index in [2.05, 4.69) is 0 Å². The van der Waals surface area contributed by atoms with Crippen LogP contribution in [0.15, 0.2) is 63.8 Å². The van der Waals surface area contributed by atoms with Gasteiger partial charge < -0.3 is 13.9 Å². The second-order valence-corrected chi connectivity index (χ2v) is 5.83. The fourth-order valence-corrected chi connectivity index (χ4v) is 3.33. The highest BCUT2D eigenvalue weighted by molar-refractivity contribution is 5.85. The lowest BCUT2D eigenvalue weighted by Gasteiger charge is -2.31. The molecular formula is C20H18O4. The summed E-state index contributed by atoms with van der Waals surface area (Å²) in [7, 11) is 0. The van der Waals surface area contributed by atoms with Crippen molar-refractivity contribution in [2.24, 2.45) is 0 Å². The van der Waals surface area contributed by atoms with Gasteiger partial charge in [-0.1, -0.05) is 42.5 Å². The predicted octanol–water partition coefficient (Wildman–Crippen LogP) is 4.07. The monoisotopic (exact) mass is 322 g/mol. The number of ether oxygens (including phenoxy) is 2. The van der Waals surface area contributed by atoms with Crippen LogP contribution in [0.1, 0.15) is 30.4 Å². The summed E-state index contributed by atoms with van der Waals surface area (Å²) in [6.45, 7) is 2.49. The molecule has 0 bridgehead atoms. The molecule has 4 rings (SSSR count). The molecule has 1 aliphatic heterocycles. The standard InChI is InChI=1S/C20H18O4/c1-2-22-17-12-15(13-8-4-3-5-9-13)18-19(24-17)14-10-6-7-11-16(14)23-20(18)21/h3-11,15,17H,2,12H2,1H3/t15-,17+/m0/s1. The molecule has 0 saturated carbocycles. The molecule has 0 N–H and O–H groups in total. The van der Waals surface area contributed by atoms with Gasteiger partial charge in [0, 0.05) is 18.9 Å². The largest absolute Gasteiger partial charge is 0.464 e. The lowest BCUT2D eigenvalue weighted by atomic mass is 9.86. The Bertz CT molecular complexity index is 914. The minimum Gasteiger partial charge on any atom is -0.464 e. The molecule has 0 saturated heterocycles. The lowest BCUT2D eigenvalue weighted by molar-refractivity contribution is -0.0889. The van der Waals surface area contributed by atoms with Crippen molar-refractivity contribution in [1.82, 2.24) is 0 Å². The van der Waals surface area contributed by atoms with E-state index in [9.17, 15) is 4.79 Å². The summed E-state index contributed by atoms with van der Waals surface area (Å²) in [5, 5.41) is 0.803. The van der Waals surface area contributed by atoms with Crippen molar-refractivity contribution in [3.63, 3.8) is 0 Å². The van der Waals surface area contributed by atoms with Crippen molar-refractivity contribution >= 4 is 11.0 Å². The minimum atomic E-state index is -0.377. The van der Waals surface area contributed by atoms with E-state index in [0.717, 1.165) is 10.9 Å². The van der Waals surface area contributed by atoms with E-state index < -0.39 is 0 Å². The molecular weight excluding hydrogens is 304 g/mol. The third kappa shape index (κ3) is 2.49. The molecule has 0 radical (unpaired) electrons. The maximum atomic E-state index is 12.6.